The smallest absolute Gasteiger partial charge is 0.253 e. The molecule has 0 saturated carbocycles. The molecular weight excluding hydrogens is 288 g/mol. The van der Waals surface area contributed by atoms with Crippen LogP contribution in [-0.2, 0) is 6.42 Å². The molecule has 1 aliphatic heterocycles. The number of nitrogens with one attached hydrogen (secondary N) is 1. The van der Waals surface area contributed by atoms with Crippen LogP contribution in [-0.4, -0.2) is 18.6 Å². The van der Waals surface area contributed by atoms with Crippen LogP contribution in [0, 0.1) is 0 Å². The van der Waals surface area contributed by atoms with Gasteiger partial charge < -0.3 is 15.8 Å². The predicted molar refractivity (Wildman–Crippen MR) is 82.8 cm³/mol. The van der Waals surface area contributed by atoms with Crippen molar-refractivity contribution in [3.05, 3.63) is 58.6 Å². The average Bonchev–Trinajstić information content (AvgIpc) is 2.90. The summed E-state index contributed by atoms with van der Waals surface area (Å²) in [5.41, 5.74) is 7.66. The average molecular weight is 303 g/mol. The van der Waals surface area contributed by atoms with Crippen LogP contribution in [0.2, 0.25) is 5.02 Å². The predicted octanol–water partition coefficient (Wildman–Crippen LogP) is 2.66. The summed E-state index contributed by atoms with van der Waals surface area (Å²) < 4.78 is 5.78. The van der Waals surface area contributed by atoms with E-state index in [9.17, 15) is 4.79 Å². The molecule has 0 spiro atoms. The Labute approximate surface area is 127 Å². The van der Waals surface area contributed by atoms with E-state index in [4.69, 9.17) is 22.1 Å². The second-order valence-corrected chi connectivity index (χ2v) is 5.37. The topological polar surface area (TPSA) is 64.4 Å². The fourth-order valence-electron chi connectivity index (χ4n) is 2.40. The summed E-state index contributed by atoms with van der Waals surface area (Å²) in [6.45, 7) is 0.430. The quantitative estimate of drug-likeness (QED) is 0.857. The van der Waals surface area contributed by atoms with E-state index in [1.165, 1.54) is 5.56 Å². The van der Waals surface area contributed by atoms with Crippen LogP contribution >= 0.6 is 11.6 Å². The highest BCUT2D eigenvalue weighted by Crippen LogP contribution is 2.28. The Kier molecular flexibility index (Phi) is 3.71. The zero-order valence-corrected chi connectivity index (χ0v) is 12.1. The van der Waals surface area contributed by atoms with Crippen molar-refractivity contribution >= 4 is 23.2 Å². The molecule has 4 nitrogen and oxygen atoms in total. The van der Waals surface area contributed by atoms with Gasteiger partial charge in [-0.05, 0) is 23.8 Å². The molecule has 3 rings (SSSR count). The lowest BCUT2D eigenvalue weighted by Crippen LogP contribution is -2.34. The molecule has 2 aromatic carbocycles. The second-order valence-electron chi connectivity index (χ2n) is 4.96. The van der Waals surface area contributed by atoms with Crippen LogP contribution < -0.4 is 15.8 Å². The Bertz CT molecular complexity index is 663. The first-order valence-corrected chi connectivity index (χ1v) is 7.09. The molecule has 0 aromatic heterocycles. The first-order valence-electron chi connectivity index (χ1n) is 6.72. The number of nitrogen functional groups attached to an aromatic ring is 1. The molecule has 0 aliphatic carbocycles. The number of halogens is 1. The van der Waals surface area contributed by atoms with Crippen LogP contribution in [0.25, 0.3) is 0 Å². The number of anilines is 1. The first kappa shape index (κ1) is 13.8. The van der Waals surface area contributed by atoms with Crippen molar-refractivity contribution in [2.75, 3.05) is 12.3 Å². The van der Waals surface area contributed by atoms with Gasteiger partial charge >= 0.3 is 0 Å². The molecule has 0 saturated heterocycles. The minimum Gasteiger partial charge on any atom is -0.488 e. The van der Waals surface area contributed by atoms with E-state index in [0.29, 0.717) is 22.8 Å². The van der Waals surface area contributed by atoms with Crippen molar-refractivity contribution < 1.29 is 9.53 Å². The minimum atomic E-state index is -0.241. The second kappa shape index (κ2) is 5.66. The van der Waals surface area contributed by atoms with Gasteiger partial charge in [0.2, 0.25) is 0 Å². The highest BCUT2D eigenvalue weighted by atomic mass is 35.5. The number of para-hydroxylation sites is 2. The highest BCUT2D eigenvalue weighted by molar-refractivity contribution is 6.33. The Balaban J connectivity index is 1.62. The monoisotopic (exact) mass is 302 g/mol. The summed E-state index contributed by atoms with van der Waals surface area (Å²) in [5, 5.41) is 3.22. The third kappa shape index (κ3) is 2.81. The molecule has 1 amide bonds. The Morgan fingerprint density at radius 2 is 2.10 bits per heavy atom. The number of hydrogen-bond donors (Lipinski definition) is 2. The van der Waals surface area contributed by atoms with Crippen LogP contribution in [0.1, 0.15) is 15.9 Å². The van der Waals surface area contributed by atoms with E-state index in [-0.39, 0.29) is 12.0 Å². The van der Waals surface area contributed by atoms with Crippen molar-refractivity contribution in [2.24, 2.45) is 0 Å². The van der Waals surface area contributed by atoms with Crippen molar-refractivity contribution in [1.82, 2.24) is 5.32 Å². The molecule has 1 atom stereocenters. The third-order valence-corrected chi connectivity index (χ3v) is 3.83. The molecule has 1 unspecified atom stereocenters. The molecule has 1 aliphatic rings. The van der Waals surface area contributed by atoms with E-state index in [1.54, 1.807) is 18.2 Å². The molecule has 0 fully saturated rings. The maximum Gasteiger partial charge on any atom is 0.253 e. The minimum absolute atomic E-state index is 0.0493. The number of amides is 1. The van der Waals surface area contributed by atoms with Crippen LogP contribution in [0.5, 0.6) is 5.75 Å². The van der Waals surface area contributed by atoms with Crippen molar-refractivity contribution in [3.8, 4) is 5.75 Å². The van der Waals surface area contributed by atoms with Gasteiger partial charge in [-0.15, -0.1) is 0 Å². The fraction of sp³-hybridized carbons (Fsp3) is 0.188. The molecule has 0 radical (unpaired) electrons. The lowest BCUT2D eigenvalue weighted by Gasteiger charge is -2.13. The summed E-state index contributed by atoms with van der Waals surface area (Å²) in [6, 6.07) is 12.9. The zero-order chi connectivity index (χ0) is 14.8. The van der Waals surface area contributed by atoms with Gasteiger partial charge in [0, 0.05) is 6.42 Å². The fourth-order valence-corrected chi connectivity index (χ4v) is 2.58. The maximum atomic E-state index is 12.1. The molecule has 5 heteroatoms. The van der Waals surface area contributed by atoms with Gasteiger partial charge in [0.05, 0.1) is 22.8 Å². The molecule has 108 valence electrons. The van der Waals surface area contributed by atoms with Crippen LogP contribution in [0.4, 0.5) is 5.69 Å². The lowest BCUT2D eigenvalue weighted by molar-refractivity contribution is 0.0934. The Morgan fingerprint density at radius 1 is 1.29 bits per heavy atom. The first-order chi connectivity index (χ1) is 10.1. The Morgan fingerprint density at radius 3 is 2.90 bits per heavy atom. The SMILES string of the molecule is Nc1c(Cl)cccc1C(=O)NCC1Cc2ccccc2O1. The van der Waals surface area contributed by atoms with Crippen molar-refractivity contribution in [3.63, 3.8) is 0 Å². The van der Waals surface area contributed by atoms with Gasteiger partial charge in [-0.1, -0.05) is 35.9 Å². The maximum absolute atomic E-state index is 12.1. The number of carbonyl (C=O) groups excluding carboxylic acids is 1. The zero-order valence-electron chi connectivity index (χ0n) is 11.3. The molecule has 21 heavy (non-hydrogen) atoms. The summed E-state index contributed by atoms with van der Waals surface area (Å²) in [6.07, 6.45) is 0.744. The van der Waals surface area contributed by atoms with Gasteiger partial charge in [-0.25, -0.2) is 0 Å². The van der Waals surface area contributed by atoms with Gasteiger partial charge in [-0.2, -0.15) is 0 Å². The van der Waals surface area contributed by atoms with E-state index in [1.807, 2.05) is 24.3 Å². The standard InChI is InChI=1S/C16H15ClN2O2/c17-13-6-3-5-12(15(13)18)16(20)19-9-11-8-10-4-1-2-7-14(10)21-11/h1-7,11H,8-9,18H2,(H,19,20). The lowest BCUT2D eigenvalue weighted by atomic mass is 10.1. The summed E-state index contributed by atoms with van der Waals surface area (Å²) in [7, 11) is 0. The van der Waals surface area contributed by atoms with Gasteiger partial charge in [0.15, 0.2) is 0 Å². The van der Waals surface area contributed by atoms with Gasteiger partial charge in [-0.3, -0.25) is 4.79 Å². The normalized spacial score (nSPS) is 16.1. The van der Waals surface area contributed by atoms with Crippen molar-refractivity contribution in [1.29, 1.82) is 0 Å². The molecule has 1 heterocycles. The number of rotatable bonds is 3. The summed E-state index contributed by atoms with van der Waals surface area (Å²) in [4.78, 5) is 12.1. The van der Waals surface area contributed by atoms with Gasteiger partial charge in [0.25, 0.3) is 5.91 Å². The summed E-state index contributed by atoms with van der Waals surface area (Å²) >= 11 is 5.92. The van der Waals surface area contributed by atoms with E-state index in [0.717, 1.165) is 12.2 Å². The third-order valence-electron chi connectivity index (χ3n) is 3.50. The van der Waals surface area contributed by atoms with E-state index in [2.05, 4.69) is 5.32 Å². The van der Waals surface area contributed by atoms with Crippen molar-refractivity contribution in [2.45, 2.75) is 12.5 Å². The summed E-state index contributed by atoms with van der Waals surface area (Å²) in [5.74, 6) is 0.647. The number of hydrogen-bond acceptors (Lipinski definition) is 3. The van der Waals surface area contributed by atoms with Gasteiger partial charge in [0.1, 0.15) is 11.9 Å². The largest absolute Gasteiger partial charge is 0.488 e. The number of fused-ring (bicyclic) bond motifs is 1. The number of benzene rings is 2. The molecule has 2 aromatic rings. The van der Waals surface area contributed by atoms with E-state index < -0.39 is 0 Å². The highest BCUT2D eigenvalue weighted by Gasteiger charge is 2.23. The van der Waals surface area contributed by atoms with Crippen LogP contribution in [0.3, 0.4) is 0 Å². The Hall–Kier alpha value is -2.20. The van der Waals surface area contributed by atoms with Crippen LogP contribution in [0.15, 0.2) is 42.5 Å². The number of ether oxygens (including phenoxy) is 1. The number of nitrogens with two attached hydrogens (primary N) is 1. The number of carbonyl (C=O) groups is 1. The molecular formula is C16H15ClN2O2. The molecule has 0 bridgehead atoms. The molecule has 3 N–H and O–H groups in total. The van der Waals surface area contributed by atoms with E-state index >= 15 is 0 Å².